The molecule has 3 heterocycles. The van der Waals surface area contributed by atoms with Gasteiger partial charge in [0.1, 0.15) is 5.82 Å². The summed E-state index contributed by atoms with van der Waals surface area (Å²) in [5.74, 6) is 1.04. The molecule has 1 aliphatic heterocycles. The number of fused-ring (bicyclic) bond motifs is 1. The maximum absolute atomic E-state index is 12.4. The molecule has 0 aromatic carbocycles. The van der Waals surface area contributed by atoms with Crippen molar-refractivity contribution in [3.8, 4) is 0 Å². The zero-order chi connectivity index (χ0) is 19.3. The van der Waals surface area contributed by atoms with Crippen LogP contribution in [0.25, 0.3) is 0 Å². The number of nitrogens with one attached hydrogen (secondary N) is 2. The van der Waals surface area contributed by atoms with Crippen molar-refractivity contribution in [2.24, 2.45) is 7.05 Å². The van der Waals surface area contributed by atoms with Crippen LogP contribution in [-0.2, 0) is 20.0 Å². The fourth-order valence-electron chi connectivity index (χ4n) is 4.26. The van der Waals surface area contributed by atoms with Crippen molar-refractivity contribution >= 4 is 11.8 Å². The SMILES string of the molecule is Cn1ncc2c1CCCC2NC(=O)NCc1ccc(N2CCCCCC2)nc1. The van der Waals surface area contributed by atoms with Crippen molar-refractivity contribution in [2.45, 2.75) is 57.5 Å². The summed E-state index contributed by atoms with van der Waals surface area (Å²) in [6, 6.07) is 4.04. The lowest BCUT2D eigenvalue weighted by atomic mass is 9.93. The monoisotopic (exact) mass is 382 g/mol. The molecule has 0 radical (unpaired) electrons. The molecule has 2 amide bonds. The molecule has 150 valence electrons. The normalized spacial score (nSPS) is 19.6. The number of urea groups is 1. The minimum Gasteiger partial charge on any atom is -0.357 e. The number of carbonyl (C=O) groups excluding carboxylic acids is 1. The number of aryl methyl sites for hydroxylation is 1. The smallest absolute Gasteiger partial charge is 0.315 e. The van der Waals surface area contributed by atoms with Gasteiger partial charge in [0, 0.05) is 44.1 Å². The van der Waals surface area contributed by atoms with Gasteiger partial charge in [0.15, 0.2) is 0 Å². The number of anilines is 1. The largest absolute Gasteiger partial charge is 0.357 e. The molecule has 2 N–H and O–H groups in total. The quantitative estimate of drug-likeness (QED) is 0.852. The van der Waals surface area contributed by atoms with Crippen molar-refractivity contribution in [1.29, 1.82) is 0 Å². The second kappa shape index (κ2) is 8.63. The predicted molar refractivity (Wildman–Crippen MR) is 109 cm³/mol. The maximum Gasteiger partial charge on any atom is 0.315 e. The standard InChI is InChI=1S/C21H30N6O/c1-26-19-8-6-7-18(17(19)15-24-26)25-21(28)23-14-16-9-10-20(22-13-16)27-11-4-2-3-5-12-27/h9-10,13,15,18H,2-8,11-12,14H2,1H3,(H2,23,25,28). The molecular weight excluding hydrogens is 352 g/mol. The first-order valence-corrected chi connectivity index (χ1v) is 10.5. The Morgan fingerprint density at radius 2 is 1.96 bits per heavy atom. The molecule has 1 saturated heterocycles. The van der Waals surface area contributed by atoms with E-state index in [1.807, 2.05) is 24.1 Å². The summed E-state index contributed by atoms with van der Waals surface area (Å²) in [5, 5.41) is 10.4. The van der Waals surface area contributed by atoms with Gasteiger partial charge in [0.2, 0.25) is 0 Å². The lowest BCUT2D eigenvalue weighted by molar-refractivity contribution is 0.235. The predicted octanol–water partition coefficient (Wildman–Crippen LogP) is 3.07. The van der Waals surface area contributed by atoms with Crippen LogP contribution in [0.5, 0.6) is 0 Å². The van der Waals surface area contributed by atoms with E-state index in [2.05, 4.69) is 37.7 Å². The third-order valence-electron chi connectivity index (χ3n) is 5.87. The van der Waals surface area contributed by atoms with Crippen LogP contribution in [-0.4, -0.2) is 33.9 Å². The van der Waals surface area contributed by atoms with Gasteiger partial charge in [-0.15, -0.1) is 0 Å². The molecule has 1 fully saturated rings. The van der Waals surface area contributed by atoms with E-state index in [1.54, 1.807) is 0 Å². The molecule has 0 saturated carbocycles. The van der Waals surface area contributed by atoms with E-state index in [-0.39, 0.29) is 12.1 Å². The average molecular weight is 383 g/mol. The van der Waals surface area contributed by atoms with E-state index in [0.29, 0.717) is 6.54 Å². The van der Waals surface area contributed by atoms with Crippen molar-refractivity contribution in [1.82, 2.24) is 25.4 Å². The van der Waals surface area contributed by atoms with Gasteiger partial charge in [0.25, 0.3) is 0 Å². The van der Waals surface area contributed by atoms with E-state index in [4.69, 9.17) is 0 Å². The number of hydrogen-bond acceptors (Lipinski definition) is 4. The van der Waals surface area contributed by atoms with Crippen LogP contribution in [0, 0.1) is 0 Å². The first-order valence-electron chi connectivity index (χ1n) is 10.5. The topological polar surface area (TPSA) is 75.1 Å². The summed E-state index contributed by atoms with van der Waals surface area (Å²) < 4.78 is 1.92. The zero-order valence-corrected chi connectivity index (χ0v) is 16.7. The van der Waals surface area contributed by atoms with Gasteiger partial charge >= 0.3 is 6.03 Å². The first kappa shape index (κ1) is 18.8. The fraction of sp³-hybridized carbons (Fsp3) is 0.571. The number of nitrogens with zero attached hydrogens (tertiary/aromatic N) is 4. The van der Waals surface area contributed by atoms with E-state index in [1.165, 1.54) is 31.4 Å². The van der Waals surface area contributed by atoms with Crippen LogP contribution < -0.4 is 15.5 Å². The molecule has 28 heavy (non-hydrogen) atoms. The molecule has 7 nitrogen and oxygen atoms in total. The highest BCUT2D eigenvalue weighted by atomic mass is 16.2. The van der Waals surface area contributed by atoms with Crippen molar-refractivity contribution in [3.05, 3.63) is 41.3 Å². The van der Waals surface area contributed by atoms with Gasteiger partial charge in [-0.1, -0.05) is 18.9 Å². The molecular formula is C21H30N6O. The maximum atomic E-state index is 12.4. The summed E-state index contributed by atoms with van der Waals surface area (Å²) in [7, 11) is 1.96. The highest BCUT2D eigenvalue weighted by Crippen LogP contribution is 2.29. The first-order chi connectivity index (χ1) is 13.7. The van der Waals surface area contributed by atoms with Gasteiger partial charge in [-0.25, -0.2) is 9.78 Å². The van der Waals surface area contributed by atoms with Crippen molar-refractivity contribution in [2.75, 3.05) is 18.0 Å². The second-order valence-corrected chi connectivity index (χ2v) is 7.87. The van der Waals surface area contributed by atoms with Gasteiger partial charge < -0.3 is 15.5 Å². The Balaban J connectivity index is 1.29. The molecule has 0 spiro atoms. The minimum atomic E-state index is -0.140. The fourth-order valence-corrected chi connectivity index (χ4v) is 4.26. The third-order valence-corrected chi connectivity index (χ3v) is 5.87. The Labute approximate surface area is 166 Å². The summed E-state index contributed by atoms with van der Waals surface area (Å²) in [6.07, 6.45) is 11.9. The van der Waals surface area contributed by atoms with Gasteiger partial charge in [-0.05, 0) is 43.7 Å². The summed E-state index contributed by atoms with van der Waals surface area (Å²) in [4.78, 5) is 19.4. The zero-order valence-electron chi connectivity index (χ0n) is 16.7. The highest BCUT2D eigenvalue weighted by molar-refractivity contribution is 5.74. The van der Waals surface area contributed by atoms with Crippen LogP contribution in [0.2, 0.25) is 0 Å². The Bertz CT molecular complexity index is 792. The molecule has 0 bridgehead atoms. The Kier molecular flexibility index (Phi) is 5.78. The Hall–Kier alpha value is -2.57. The number of pyridine rings is 1. The number of carbonyl (C=O) groups is 1. The van der Waals surface area contributed by atoms with E-state index >= 15 is 0 Å². The summed E-state index contributed by atoms with van der Waals surface area (Å²) in [6.45, 7) is 2.65. The van der Waals surface area contributed by atoms with Crippen molar-refractivity contribution in [3.63, 3.8) is 0 Å². The summed E-state index contributed by atoms with van der Waals surface area (Å²) in [5.41, 5.74) is 3.39. The van der Waals surface area contributed by atoms with Crippen LogP contribution in [0.3, 0.4) is 0 Å². The lowest BCUT2D eigenvalue weighted by Gasteiger charge is -2.24. The molecule has 7 heteroatoms. The molecule has 1 atom stereocenters. The molecule has 4 rings (SSSR count). The van der Waals surface area contributed by atoms with Crippen LogP contribution >= 0.6 is 0 Å². The number of rotatable bonds is 4. The molecule has 1 aliphatic carbocycles. The van der Waals surface area contributed by atoms with Gasteiger partial charge in [-0.2, -0.15) is 5.10 Å². The van der Waals surface area contributed by atoms with Crippen LogP contribution in [0.1, 0.15) is 61.4 Å². The Morgan fingerprint density at radius 1 is 1.14 bits per heavy atom. The lowest BCUT2D eigenvalue weighted by Crippen LogP contribution is -2.38. The van der Waals surface area contributed by atoms with E-state index in [0.717, 1.165) is 49.3 Å². The third kappa shape index (κ3) is 4.29. The van der Waals surface area contributed by atoms with Crippen LogP contribution in [0.15, 0.2) is 24.5 Å². The highest BCUT2D eigenvalue weighted by Gasteiger charge is 2.24. The van der Waals surface area contributed by atoms with Crippen LogP contribution in [0.4, 0.5) is 10.6 Å². The van der Waals surface area contributed by atoms with E-state index < -0.39 is 0 Å². The van der Waals surface area contributed by atoms with E-state index in [9.17, 15) is 4.79 Å². The summed E-state index contributed by atoms with van der Waals surface area (Å²) >= 11 is 0. The minimum absolute atomic E-state index is 0.0426. The molecule has 2 aliphatic rings. The molecule has 2 aromatic rings. The molecule has 2 aromatic heterocycles. The number of hydrogen-bond donors (Lipinski definition) is 2. The molecule has 1 unspecified atom stereocenters. The number of aromatic nitrogens is 3. The average Bonchev–Trinajstić information content (AvgIpc) is 2.93. The Morgan fingerprint density at radius 3 is 2.71 bits per heavy atom. The second-order valence-electron chi connectivity index (χ2n) is 7.87. The van der Waals surface area contributed by atoms with Gasteiger partial charge in [-0.3, -0.25) is 4.68 Å². The number of amides is 2. The van der Waals surface area contributed by atoms with Crippen molar-refractivity contribution < 1.29 is 4.79 Å². The van der Waals surface area contributed by atoms with Gasteiger partial charge in [0.05, 0.1) is 12.2 Å².